The van der Waals surface area contributed by atoms with Crippen LogP contribution >= 0.6 is 0 Å². The minimum atomic E-state index is 0.679. The fraction of sp³-hybridized carbons (Fsp3) is 0.667. The van der Waals surface area contributed by atoms with Gasteiger partial charge in [0.1, 0.15) is 5.82 Å². The van der Waals surface area contributed by atoms with Gasteiger partial charge >= 0.3 is 0 Å². The van der Waals surface area contributed by atoms with Gasteiger partial charge in [-0.2, -0.15) is 4.98 Å². The van der Waals surface area contributed by atoms with E-state index in [2.05, 4.69) is 39.2 Å². The number of hydrogen-bond acceptors (Lipinski definition) is 5. The molecule has 1 aliphatic heterocycles. The van der Waals surface area contributed by atoms with E-state index in [1.54, 1.807) is 6.20 Å². The van der Waals surface area contributed by atoms with Gasteiger partial charge in [0.05, 0.1) is 0 Å². The Morgan fingerprint density at radius 2 is 2.41 bits per heavy atom. The Labute approximate surface area is 103 Å². The van der Waals surface area contributed by atoms with Gasteiger partial charge in [-0.3, -0.25) is 0 Å². The molecule has 1 aliphatic rings. The van der Waals surface area contributed by atoms with E-state index in [9.17, 15) is 0 Å². The summed E-state index contributed by atoms with van der Waals surface area (Å²) in [6.45, 7) is 3.46. The molecule has 17 heavy (non-hydrogen) atoms. The molecule has 2 rings (SSSR count). The smallest absolute Gasteiger partial charge is 0.224 e. The van der Waals surface area contributed by atoms with Crippen molar-refractivity contribution in [2.75, 3.05) is 51.0 Å². The Morgan fingerprint density at radius 1 is 1.59 bits per heavy atom. The summed E-state index contributed by atoms with van der Waals surface area (Å²) in [5, 5.41) is 2.97. The standard InChI is InChI=1S/C12H21N5/c1-13-12-14-6-4-11(15-12)17(3)9-10-5-7-16(2)8-10/h4,6,10H,5,7-9H2,1-3H3,(H,13,14,15). The number of anilines is 2. The summed E-state index contributed by atoms with van der Waals surface area (Å²) < 4.78 is 0. The molecule has 94 valence electrons. The average Bonchev–Trinajstić information content (AvgIpc) is 2.75. The summed E-state index contributed by atoms with van der Waals surface area (Å²) in [7, 11) is 6.12. The van der Waals surface area contributed by atoms with Gasteiger partial charge in [-0.1, -0.05) is 0 Å². The van der Waals surface area contributed by atoms with Gasteiger partial charge in [0.25, 0.3) is 0 Å². The highest BCUT2D eigenvalue weighted by Crippen LogP contribution is 2.18. The lowest BCUT2D eigenvalue weighted by atomic mass is 10.1. The van der Waals surface area contributed by atoms with E-state index < -0.39 is 0 Å². The lowest BCUT2D eigenvalue weighted by Gasteiger charge is -2.22. The summed E-state index contributed by atoms with van der Waals surface area (Å²) in [6.07, 6.45) is 3.08. The molecule has 1 saturated heterocycles. The first-order valence-electron chi connectivity index (χ1n) is 6.09. The third kappa shape index (κ3) is 3.06. The van der Waals surface area contributed by atoms with E-state index in [1.807, 2.05) is 13.1 Å². The molecule has 0 spiro atoms. The van der Waals surface area contributed by atoms with Crippen LogP contribution in [0.2, 0.25) is 0 Å². The van der Waals surface area contributed by atoms with Crippen LogP contribution in [0, 0.1) is 5.92 Å². The zero-order chi connectivity index (χ0) is 12.3. The average molecular weight is 235 g/mol. The van der Waals surface area contributed by atoms with E-state index in [-0.39, 0.29) is 0 Å². The van der Waals surface area contributed by atoms with Gasteiger partial charge in [0.15, 0.2) is 0 Å². The molecule has 1 aromatic heterocycles. The minimum Gasteiger partial charge on any atom is -0.359 e. The van der Waals surface area contributed by atoms with Crippen molar-refractivity contribution in [3.8, 4) is 0 Å². The second-order valence-electron chi connectivity index (χ2n) is 4.79. The Bertz CT molecular complexity index is 368. The first-order valence-corrected chi connectivity index (χ1v) is 6.09. The molecule has 1 unspecified atom stereocenters. The van der Waals surface area contributed by atoms with E-state index >= 15 is 0 Å². The zero-order valence-corrected chi connectivity index (χ0v) is 10.8. The van der Waals surface area contributed by atoms with Crippen molar-refractivity contribution in [1.29, 1.82) is 0 Å². The fourth-order valence-electron chi connectivity index (χ4n) is 2.34. The predicted octanol–water partition coefficient (Wildman–Crippen LogP) is 0.906. The van der Waals surface area contributed by atoms with Crippen LogP contribution in [0.3, 0.4) is 0 Å². The summed E-state index contributed by atoms with van der Waals surface area (Å²) in [6, 6.07) is 1.96. The van der Waals surface area contributed by atoms with Crippen molar-refractivity contribution in [1.82, 2.24) is 14.9 Å². The molecule has 0 aliphatic carbocycles. The van der Waals surface area contributed by atoms with Crippen LogP contribution in [-0.4, -0.2) is 55.6 Å². The van der Waals surface area contributed by atoms with Crippen molar-refractivity contribution in [2.24, 2.45) is 5.92 Å². The lowest BCUT2D eigenvalue weighted by Crippen LogP contribution is -2.28. The second kappa shape index (κ2) is 5.31. The van der Waals surface area contributed by atoms with Crippen molar-refractivity contribution in [3.05, 3.63) is 12.3 Å². The molecule has 0 amide bonds. The predicted molar refractivity (Wildman–Crippen MR) is 70.5 cm³/mol. The van der Waals surface area contributed by atoms with E-state index in [1.165, 1.54) is 19.5 Å². The first-order chi connectivity index (χ1) is 8.19. The molecular weight excluding hydrogens is 214 g/mol. The van der Waals surface area contributed by atoms with E-state index in [0.29, 0.717) is 5.95 Å². The maximum absolute atomic E-state index is 4.44. The molecule has 2 heterocycles. The van der Waals surface area contributed by atoms with Gasteiger partial charge in [-0.15, -0.1) is 0 Å². The van der Waals surface area contributed by atoms with E-state index in [4.69, 9.17) is 0 Å². The molecule has 0 saturated carbocycles. The molecule has 1 fully saturated rings. The molecule has 0 aromatic carbocycles. The molecule has 5 heteroatoms. The van der Waals surface area contributed by atoms with Crippen molar-refractivity contribution < 1.29 is 0 Å². The Kier molecular flexibility index (Phi) is 3.78. The Morgan fingerprint density at radius 3 is 3.06 bits per heavy atom. The van der Waals surface area contributed by atoms with Crippen LogP contribution in [0.15, 0.2) is 12.3 Å². The fourth-order valence-corrected chi connectivity index (χ4v) is 2.34. The summed E-state index contributed by atoms with van der Waals surface area (Å²) in [5.74, 6) is 2.41. The van der Waals surface area contributed by atoms with Crippen LogP contribution in [0.4, 0.5) is 11.8 Å². The number of aromatic nitrogens is 2. The molecule has 1 aromatic rings. The van der Waals surface area contributed by atoms with Crippen LogP contribution in [-0.2, 0) is 0 Å². The van der Waals surface area contributed by atoms with Crippen molar-refractivity contribution in [2.45, 2.75) is 6.42 Å². The number of nitrogens with zero attached hydrogens (tertiary/aromatic N) is 4. The third-order valence-electron chi connectivity index (χ3n) is 3.28. The largest absolute Gasteiger partial charge is 0.359 e. The number of rotatable bonds is 4. The molecule has 0 radical (unpaired) electrons. The van der Waals surface area contributed by atoms with Crippen LogP contribution in [0.5, 0.6) is 0 Å². The minimum absolute atomic E-state index is 0.679. The number of nitrogens with one attached hydrogen (secondary N) is 1. The van der Waals surface area contributed by atoms with Gasteiger partial charge in [-0.25, -0.2) is 4.98 Å². The highest BCUT2D eigenvalue weighted by Gasteiger charge is 2.21. The lowest BCUT2D eigenvalue weighted by molar-refractivity contribution is 0.395. The highest BCUT2D eigenvalue weighted by molar-refractivity contribution is 5.41. The molecule has 1 atom stereocenters. The Balaban J connectivity index is 1.96. The van der Waals surface area contributed by atoms with Crippen LogP contribution < -0.4 is 10.2 Å². The molecule has 0 bridgehead atoms. The van der Waals surface area contributed by atoms with Gasteiger partial charge in [0, 0.05) is 33.4 Å². The SMILES string of the molecule is CNc1nccc(N(C)CC2CCN(C)C2)n1. The number of hydrogen-bond donors (Lipinski definition) is 1. The topological polar surface area (TPSA) is 44.3 Å². The van der Waals surface area contributed by atoms with Gasteiger partial charge < -0.3 is 15.1 Å². The maximum atomic E-state index is 4.44. The van der Waals surface area contributed by atoms with Gasteiger partial charge in [0.2, 0.25) is 5.95 Å². The quantitative estimate of drug-likeness (QED) is 0.840. The maximum Gasteiger partial charge on any atom is 0.224 e. The zero-order valence-electron chi connectivity index (χ0n) is 10.8. The molecular formula is C12H21N5. The van der Waals surface area contributed by atoms with Gasteiger partial charge in [-0.05, 0) is 32.0 Å². The molecule has 5 nitrogen and oxygen atoms in total. The van der Waals surface area contributed by atoms with E-state index in [0.717, 1.165) is 18.3 Å². The molecule has 1 N–H and O–H groups in total. The van der Waals surface area contributed by atoms with Crippen molar-refractivity contribution in [3.63, 3.8) is 0 Å². The monoisotopic (exact) mass is 235 g/mol. The Hall–Kier alpha value is -1.36. The second-order valence-corrected chi connectivity index (χ2v) is 4.79. The summed E-state index contributed by atoms with van der Waals surface area (Å²) in [5.41, 5.74) is 0. The summed E-state index contributed by atoms with van der Waals surface area (Å²) in [4.78, 5) is 13.2. The first kappa shape index (κ1) is 12.1. The normalized spacial score (nSPS) is 20.5. The third-order valence-corrected chi connectivity index (χ3v) is 3.28. The summed E-state index contributed by atoms with van der Waals surface area (Å²) >= 11 is 0. The van der Waals surface area contributed by atoms with Crippen molar-refractivity contribution >= 4 is 11.8 Å². The highest BCUT2D eigenvalue weighted by atomic mass is 15.2. The van der Waals surface area contributed by atoms with Crippen LogP contribution in [0.1, 0.15) is 6.42 Å². The number of likely N-dealkylation sites (tertiary alicyclic amines) is 1. The van der Waals surface area contributed by atoms with Crippen LogP contribution in [0.25, 0.3) is 0 Å².